The lowest BCUT2D eigenvalue weighted by Crippen LogP contribution is -2.30. The summed E-state index contributed by atoms with van der Waals surface area (Å²) >= 11 is 1.41. The summed E-state index contributed by atoms with van der Waals surface area (Å²) in [4.78, 5) is 22.9. The van der Waals surface area contributed by atoms with Crippen LogP contribution in [0.25, 0.3) is 0 Å². The minimum absolute atomic E-state index is 0.125. The number of carbonyl (C=O) groups excluding carboxylic acids is 1. The summed E-state index contributed by atoms with van der Waals surface area (Å²) in [5.74, 6) is -0.130. The van der Waals surface area contributed by atoms with E-state index in [0.717, 1.165) is 45.4 Å². The summed E-state index contributed by atoms with van der Waals surface area (Å²) in [5.41, 5.74) is 4.66. The highest BCUT2D eigenvalue weighted by Gasteiger charge is 2.14. The van der Waals surface area contributed by atoms with Crippen molar-refractivity contribution in [1.29, 1.82) is 0 Å². The molecule has 2 aliphatic heterocycles. The molecule has 0 aliphatic carbocycles. The van der Waals surface area contributed by atoms with E-state index in [4.69, 9.17) is 10.2 Å². The standard InChI is InChI=1S/C14H14N4OS.C12H15N.C2H6O2.C2H6/c19-13(17-14-16-7-9-20-14)12-2-1-8-18(12)10-11-3-5-15-6-4-11;1-11-7-9-13(10-8-11)12-5-3-2-4-6-12;3-1-2-4;1-2/h1-3,5,7-9H,4,6,10H2,(H,16,17,19);2-6H,1,7-10H2;3-4H,1-2H2;1-2H3. The maximum Gasteiger partial charge on any atom is 0.274 e. The Labute approximate surface area is 236 Å². The first-order valence-corrected chi connectivity index (χ1v) is 14.2. The van der Waals surface area contributed by atoms with Gasteiger partial charge < -0.3 is 19.7 Å². The fraction of sp³-hybridized carbons (Fsp3) is 0.367. The maximum atomic E-state index is 12.2. The van der Waals surface area contributed by atoms with E-state index in [1.165, 1.54) is 28.2 Å². The Morgan fingerprint density at radius 3 is 2.36 bits per heavy atom. The van der Waals surface area contributed by atoms with E-state index in [0.29, 0.717) is 10.8 Å². The van der Waals surface area contributed by atoms with E-state index in [1.54, 1.807) is 6.20 Å². The summed E-state index contributed by atoms with van der Waals surface area (Å²) in [6.07, 6.45) is 10.7. The molecule has 0 spiro atoms. The number of piperidine rings is 1. The van der Waals surface area contributed by atoms with E-state index in [2.05, 4.69) is 57.1 Å². The topological polar surface area (TPSA) is 103 Å². The van der Waals surface area contributed by atoms with Crippen molar-refractivity contribution in [1.82, 2.24) is 9.55 Å². The van der Waals surface area contributed by atoms with E-state index in [9.17, 15) is 4.79 Å². The molecule has 1 aromatic carbocycles. The normalized spacial score (nSPS) is 14.0. The van der Waals surface area contributed by atoms with Crippen LogP contribution in [0.5, 0.6) is 0 Å². The predicted octanol–water partition coefficient (Wildman–Crippen LogP) is 5.44. The lowest BCUT2D eigenvalue weighted by atomic mass is 10.1. The number of thiazole rings is 1. The van der Waals surface area contributed by atoms with Gasteiger partial charge in [0.2, 0.25) is 0 Å². The predicted molar refractivity (Wildman–Crippen MR) is 163 cm³/mol. The number of benzene rings is 1. The molecule has 5 rings (SSSR count). The molecule has 39 heavy (non-hydrogen) atoms. The van der Waals surface area contributed by atoms with Crippen LogP contribution >= 0.6 is 11.3 Å². The van der Waals surface area contributed by atoms with Gasteiger partial charge in [-0.3, -0.25) is 15.1 Å². The average molecular weight is 552 g/mol. The number of nitrogens with zero attached hydrogens (tertiary/aromatic N) is 4. The molecule has 1 fully saturated rings. The molecule has 0 bridgehead atoms. The highest BCUT2D eigenvalue weighted by atomic mass is 32.1. The van der Waals surface area contributed by atoms with Crippen molar-refractivity contribution < 1.29 is 15.0 Å². The van der Waals surface area contributed by atoms with Gasteiger partial charge in [-0.2, -0.15) is 0 Å². The quantitative estimate of drug-likeness (QED) is 0.354. The molecule has 4 heterocycles. The molecule has 2 aliphatic rings. The molecule has 210 valence electrons. The van der Waals surface area contributed by atoms with Crippen molar-refractivity contribution in [2.45, 2.75) is 39.7 Å². The zero-order chi connectivity index (χ0) is 28.3. The first-order valence-electron chi connectivity index (χ1n) is 13.3. The Morgan fingerprint density at radius 1 is 1.05 bits per heavy atom. The third-order valence-corrected chi connectivity index (χ3v) is 6.45. The van der Waals surface area contributed by atoms with E-state index in [-0.39, 0.29) is 19.1 Å². The zero-order valence-corrected chi connectivity index (χ0v) is 23.8. The summed E-state index contributed by atoms with van der Waals surface area (Å²) in [5, 5.41) is 20.5. The van der Waals surface area contributed by atoms with Crippen LogP contribution in [-0.2, 0) is 6.54 Å². The van der Waals surface area contributed by atoms with Gasteiger partial charge in [-0.25, -0.2) is 4.98 Å². The Kier molecular flexibility index (Phi) is 15.2. The molecule has 0 unspecified atom stereocenters. The van der Waals surface area contributed by atoms with Crippen LogP contribution in [0.15, 0.2) is 89.0 Å². The molecule has 3 N–H and O–H groups in total. The number of dihydropyridines is 1. The highest BCUT2D eigenvalue weighted by Crippen LogP contribution is 2.21. The Morgan fingerprint density at radius 2 is 1.77 bits per heavy atom. The first kappa shape index (κ1) is 31.7. The number of aliphatic hydroxyl groups excluding tert-OH is 2. The second-order valence-corrected chi connectivity index (χ2v) is 9.36. The summed E-state index contributed by atoms with van der Waals surface area (Å²) in [6, 6.07) is 14.3. The van der Waals surface area contributed by atoms with Crippen LogP contribution in [0.3, 0.4) is 0 Å². The molecule has 0 radical (unpaired) electrons. The summed E-state index contributed by atoms with van der Waals surface area (Å²) in [7, 11) is 0. The molecule has 0 saturated carbocycles. The van der Waals surface area contributed by atoms with Gasteiger partial charge in [0.25, 0.3) is 5.91 Å². The van der Waals surface area contributed by atoms with Gasteiger partial charge in [0, 0.05) is 55.9 Å². The van der Waals surface area contributed by atoms with Crippen molar-refractivity contribution in [3.05, 3.63) is 89.7 Å². The highest BCUT2D eigenvalue weighted by molar-refractivity contribution is 7.13. The molecule has 8 nitrogen and oxygen atoms in total. The van der Waals surface area contributed by atoms with Gasteiger partial charge in [-0.15, -0.1) is 11.3 Å². The minimum atomic E-state index is -0.130. The molecule has 2 aromatic heterocycles. The number of hydrogen-bond acceptors (Lipinski definition) is 7. The number of hydrogen-bond donors (Lipinski definition) is 3. The van der Waals surface area contributed by atoms with Crippen molar-refractivity contribution in [3.8, 4) is 0 Å². The van der Waals surface area contributed by atoms with E-state index >= 15 is 0 Å². The molecule has 0 atom stereocenters. The first-order chi connectivity index (χ1) is 19.1. The number of aliphatic hydroxyl groups is 2. The van der Waals surface area contributed by atoms with Crippen molar-refractivity contribution in [2.24, 2.45) is 4.99 Å². The summed E-state index contributed by atoms with van der Waals surface area (Å²) in [6.45, 7) is 11.6. The van der Waals surface area contributed by atoms with Crippen molar-refractivity contribution in [2.75, 3.05) is 43.1 Å². The number of nitrogens with one attached hydrogen (secondary N) is 1. The Balaban J connectivity index is 0.000000241. The Hall–Kier alpha value is -3.53. The average Bonchev–Trinajstić information content (AvgIpc) is 3.68. The Bertz CT molecular complexity index is 1140. The number of anilines is 2. The van der Waals surface area contributed by atoms with Crippen LogP contribution in [0, 0.1) is 0 Å². The maximum absolute atomic E-state index is 12.2. The SMILES string of the molecule is C=C1CCN(c2ccccc2)CC1.CC.O=C(Nc1nccs1)c1cccn1CC1=CC=NCC1.OCCO. The van der Waals surface area contributed by atoms with Gasteiger partial charge >= 0.3 is 0 Å². The number of para-hydroxylation sites is 1. The fourth-order valence-electron chi connectivity index (χ4n) is 3.80. The smallest absolute Gasteiger partial charge is 0.274 e. The lowest BCUT2D eigenvalue weighted by molar-refractivity contribution is 0.101. The number of carbonyl (C=O) groups is 1. The molecule has 1 amide bonds. The number of allylic oxidation sites excluding steroid dienone is 1. The van der Waals surface area contributed by atoms with Crippen LogP contribution in [-0.4, -0.2) is 64.7 Å². The van der Waals surface area contributed by atoms with Gasteiger partial charge in [0.05, 0.1) is 13.2 Å². The van der Waals surface area contributed by atoms with Crippen LogP contribution in [0.4, 0.5) is 10.8 Å². The largest absolute Gasteiger partial charge is 0.394 e. The van der Waals surface area contributed by atoms with E-state index < -0.39 is 0 Å². The summed E-state index contributed by atoms with van der Waals surface area (Å²) < 4.78 is 1.95. The fourth-order valence-corrected chi connectivity index (χ4v) is 4.32. The van der Waals surface area contributed by atoms with Crippen LogP contribution in [0.2, 0.25) is 0 Å². The third kappa shape index (κ3) is 11.4. The van der Waals surface area contributed by atoms with Crippen LogP contribution in [0.1, 0.15) is 43.6 Å². The van der Waals surface area contributed by atoms with Gasteiger partial charge in [-0.1, -0.05) is 44.2 Å². The van der Waals surface area contributed by atoms with Gasteiger partial charge in [0.15, 0.2) is 5.13 Å². The number of amides is 1. The number of aromatic nitrogens is 2. The molecule has 1 saturated heterocycles. The van der Waals surface area contributed by atoms with Crippen molar-refractivity contribution in [3.63, 3.8) is 0 Å². The van der Waals surface area contributed by atoms with Gasteiger partial charge in [0.1, 0.15) is 5.69 Å². The number of aliphatic imine (C=N–C) groups is 1. The zero-order valence-electron chi connectivity index (χ0n) is 23.0. The lowest BCUT2D eigenvalue weighted by Gasteiger charge is -2.29. The van der Waals surface area contributed by atoms with E-state index in [1.807, 2.05) is 54.4 Å². The number of rotatable bonds is 6. The second-order valence-electron chi connectivity index (χ2n) is 8.46. The van der Waals surface area contributed by atoms with Crippen molar-refractivity contribution >= 4 is 34.3 Å². The van der Waals surface area contributed by atoms with Crippen LogP contribution < -0.4 is 10.2 Å². The monoisotopic (exact) mass is 551 g/mol. The minimum Gasteiger partial charge on any atom is -0.394 e. The molecular weight excluding hydrogens is 510 g/mol. The molecular formula is C30H41N5O3S. The third-order valence-electron chi connectivity index (χ3n) is 5.76. The second kappa shape index (κ2) is 18.7. The molecule has 9 heteroatoms. The van der Waals surface area contributed by atoms with Gasteiger partial charge in [-0.05, 0) is 55.2 Å². The molecule has 3 aromatic rings.